The van der Waals surface area contributed by atoms with E-state index in [4.69, 9.17) is 0 Å². The molecule has 0 amide bonds. The van der Waals surface area contributed by atoms with E-state index in [2.05, 4.69) is 20.1 Å². The standard InChI is InChI=1S/C9H16N4/c1-10-7-9-12-11-8-5-3-2-4-6-13(8)9/h10H,2-7H2,1H3. The molecule has 0 bridgehead atoms. The first kappa shape index (κ1) is 8.69. The smallest absolute Gasteiger partial charge is 0.146 e. The highest BCUT2D eigenvalue weighted by Gasteiger charge is 2.13. The van der Waals surface area contributed by atoms with Gasteiger partial charge < -0.3 is 9.88 Å². The lowest BCUT2D eigenvalue weighted by molar-refractivity contribution is 0.591. The van der Waals surface area contributed by atoms with Gasteiger partial charge in [0.1, 0.15) is 11.6 Å². The van der Waals surface area contributed by atoms with Crippen LogP contribution >= 0.6 is 0 Å². The van der Waals surface area contributed by atoms with E-state index in [-0.39, 0.29) is 0 Å². The van der Waals surface area contributed by atoms with Crippen LogP contribution in [0.25, 0.3) is 0 Å². The molecule has 72 valence electrons. The van der Waals surface area contributed by atoms with E-state index in [1.807, 2.05) is 7.05 Å². The summed E-state index contributed by atoms with van der Waals surface area (Å²) >= 11 is 0. The Morgan fingerprint density at radius 1 is 1.31 bits per heavy atom. The largest absolute Gasteiger partial charge is 0.314 e. The van der Waals surface area contributed by atoms with Crippen LogP contribution in [0, 0.1) is 0 Å². The quantitative estimate of drug-likeness (QED) is 0.729. The van der Waals surface area contributed by atoms with Crippen LogP contribution in [0.1, 0.15) is 30.9 Å². The zero-order chi connectivity index (χ0) is 9.10. The molecule has 0 saturated heterocycles. The first-order chi connectivity index (χ1) is 6.42. The Hall–Kier alpha value is -0.900. The van der Waals surface area contributed by atoms with Crippen LogP contribution in [0.15, 0.2) is 0 Å². The SMILES string of the molecule is CNCc1nnc2n1CCCCC2. The van der Waals surface area contributed by atoms with Crippen molar-refractivity contribution in [3.05, 3.63) is 11.6 Å². The number of aryl methyl sites for hydroxylation is 1. The van der Waals surface area contributed by atoms with Crippen LogP contribution in [-0.4, -0.2) is 21.8 Å². The summed E-state index contributed by atoms with van der Waals surface area (Å²) in [5.74, 6) is 2.25. The summed E-state index contributed by atoms with van der Waals surface area (Å²) in [6.07, 6.45) is 4.94. The van der Waals surface area contributed by atoms with Gasteiger partial charge in [-0.15, -0.1) is 10.2 Å². The second-order valence-corrected chi connectivity index (χ2v) is 3.53. The van der Waals surface area contributed by atoms with E-state index in [1.165, 1.54) is 25.1 Å². The van der Waals surface area contributed by atoms with Crippen molar-refractivity contribution >= 4 is 0 Å². The Labute approximate surface area is 78.4 Å². The van der Waals surface area contributed by atoms with Gasteiger partial charge in [-0.25, -0.2) is 0 Å². The fourth-order valence-corrected chi connectivity index (χ4v) is 1.83. The first-order valence-electron chi connectivity index (χ1n) is 4.97. The third-order valence-electron chi connectivity index (χ3n) is 2.52. The summed E-state index contributed by atoms with van der Waals surface area (Å²) in [5, 5.41) is 11.5. The molecule has 0 saturated carbocycles. The first-order valence-corrected chi connectivity index (χ1v) is 4.97. The second-order valence-electron chi connectivity index (χ2n) is 3.53. The van der Waals surface area contributed by atoms with Crippen molar-refractivity contribution in [2.75, 3.05) is 7.05 Å². The van der Waals surface area contributed by atoms with Crippen LogP contribution in [0.3, 0.4) is 0 Å². The molecule has 13 heavy (non-hydrogen) atoms. The summed E-state index contributed by atoms with van der Waals surface area (Å²) in [6.45, 7) is 1.92. The third-order valence-corrected chi connectivity index (χ3v) is 2.52. The Kier molecular flexibility index (Phi) is 2.59. The van der Waals surface area contributed by atoms with Crippen molar-refractivity contribution in [2.24, 2.45) is 0 Å². The Bertz CT molecular complexity index is 279. The predicted octanol–water partition coefficient (Wildman–Crippen LogP) is 0.724. The molecule has 1 aromatic heterocycles. The van der Waals surface area contributed by atoms with Crippen molar-refractivity contribution in [3.8, 4) is 0 Å². The van der Waals surface area contributed by atoms with Crippen LogP contribution in [-0.2, 0) is 19.5 Å². The zero-order valence-corrected chi connectivity index (χ0v) is 8.08. The number of hydrogen-bond donors (Lipinski definition) is 1. The topological polar surface area (TPSA) is 42.7 Å². The van der Waals surface area contributed by atoms with Gasteiger partial charge in [0.25, 0.3) is 0 Å². The van der Waals surface area contributed by atoms with Crippen molar-refractivity contribution in [1.29, 1.82) is 0 Å². The summed E-state index contributed by atoms with van der Waals surface area (Å²) in [7, 11) is 1.94. The molecule has 0 spiro atoms. The Balaban J connectivity index is 2.23. The molecule has 2 rings (SSSR count). The van der Waals surface area contributed by atoms with E-state index < -0.39 is 0 Å². The van der Waals surface area contributed by atoms with E-state index in [0.29, 0.717) is 0 Å². The number of nitrogens with zero attached hydrogens (tertiary/aromatic N) is 3. The molecule has 0 unspecified atom stereocenters. The second kappa shape index (κ2) is 3.87. The highest BCUT2D eigenvalue weighted by atomic mass is 15.3. The van der Waals surface area contributed by atoms with Crippen LogP contribution < -0.4 is 5.32 Å². The molecule has 0 aliphatic carbocycles. The van der Waals surface area contributed by atoms with Gasteiger partial charge in [-0.2, -0.15) is 0 Å². The van der Waals surface area contributed by atoms with Gasteiger partial charge in [-0.3, -0.25) is 0 Å². The molecule has 0 fully saturated rings. The number of rotatable bonds is 2. The number of aromatic nitrogens is 3. The molecule has 0 radical (unpaired) electrons. The van der Waals surface area contributed by atoms with E-state index in [9.17, 15) is 0 Å². The molecule has 1 aliphatic rings. The molecule has 1 N–H and O–H groups in total. The van der Waals surface area contributed by atoms with E-state index >= 15 is 0 Å². The normalized spacial score (nSPS) is 16.7. The fraction of sp³-hybridized carbons (Fsp3) is 0.778. The minimum absolute atomic E-state index is 0.826. The van der Waals surface area contributed by atoms with Gasteiger partial charge in [0.2, 0.25) is 0 Å². The van der Waals surface area contributed by atoms with Crippen molar-refractivity contribution in [2.45, 2.75) is 38.8 Å². The van der Waals surface area contributed by atoms with Crippen molar-refractivity contribution in [1.82, 2.24) is 20.1 Å². The molecule has 2 heterocycles. The minimum atomic E-state index is 0.826. The molecule has 1 aromatic rings. The Morgan fingerprint density at radius 3 is 3.08 bits per heavy atom. The van der Waals surface area contributed by atoms with Crippen LogP contribution in [0.5, 0.6) is 0 Å². The third kappa shape index (κ3) is 1.72. The molecule has 4 nitrogen and oxygen atoms in total. The lowest BCUT2D eigenvalue weighted by atomic mass is 10.2. The molecule has 1 aliphatic heterocycles. The van der Waals surface area contributed by atoms with Gasteiger partial charge in [-0.1, -0.05) is 6.42 Å². The van der Waals surface area contributed by atoms with Gasteiger partial charge in [-0.05, 0) is 19.9 Å². The Morgan fingerprint density at radius 2 is 2.23 bits per heavy atom. The predicted molar refractivity (Wildman–Crippen MR) is 50.3 cm³/mol. The summed E-state index contributed by atoms with van der Waals surface area (Å²) in [5.41, 5.74) is 0. The number of hydrogen-bond acceptors (Lipinski definition) is 3. The molecule has 4 heteroatoms. The molecular weight excluding hydrogens is 164 g/mol. The summed E-state index contributed by atoms with van der Waals surface area (Å²) < 4.78 is 2.27. The van der Waals surface area contributed by atoms with Gasteiger partial charge in [0.15, 0.2) is 0 Å². The van der Waals surface area contributed by atoms with Crippen molar-refractivity contribution in [3.63, 3.8) is 0 Å². The lowest BCUT2D eigenvalue weighted by Crippen LogP contribution is -2.13. The minimum Gasteiger partial charge on any atom is -0.314 e. The lowest BCUT2D eigenvalue weighted by Gasteiger charge is -2.05. The van der Waals surface area contributed by atoms with Crippen LogP contribution in [0.4, 0.5) is 0 Å². The fourth-order valence-electron chi connectivity index (χ4n) is 1.83. The van der Waals surface area contributed by atoms with Gasteiger partial charge >= 0.3 is 0 Å². The molecule has 0 aromatic carbocycles. The highest BCUT2D eigenvalue weighted by molar-refractivity contribution is 4.97. The van der Waals surface area contributed by atoms with Crippen LogP contribution in [0.2, 0.25) is 0 Å². The molecule has 0 atom stereocenters. The van der Waals surface area contributed by atoms with E-state index in [1.54, 1.807) is 0 Å². The maximum absolute atomic E-state index is 4.21. The highest BCUT2D eigenvalue weighted by Crippen LogP contribution is 2.13. The van der Waals surface area contributed by atoms with Gasteiger partial charge in [0, 0.05) is 13.0 Å². The van der Waals surface area contributed by atoms with E-state index in [0.717, 1.165) is 25.3 Å². The monoisotopic (exact) mass is 180 g/mol. The summed E-state index contributed by atoms with van der Waals surface area (Å²) in [4.78, 5) is 0. The molecular formula is C9H16N4. The maximum Gasteiger partial charge on any atom is 0.146 e. The van der Waals surface area contributed by atoms with Gasteiger partial charge in [0.05, 0.1) is 6.54 Å². The zero-order valence-electron chi connectivity index (χ0n) is 8.08. The average molecular weight is 180 g/mol. The van der Waals surface area contributed by atoms with Crippen molar-refractivity contribution < 1.29 is 0 Å². The number of fused-ring (bicyclic) bond motifs is 1. The maximum atomic E-state index is 4.21. The average Bonchev–Trinajstić information content (AvgIpc) is 2.38. The number of nitrogens with one attached hydrogen (secondary N) is 1. The summed E-state index contributed by atoms with van der Waals surface area (Å²) in [6, 6.07) is 0.